The summed E-state index contributed by atoms with van der Waals surface area (Å²) in [6, 6.07) is 13.4. The number of carbonyl (C=O) groups excluding carboxylic acids is 2. The molecule has 1 atom stereocenters. The topological polar surface area (TPSA) is 56.3 Å². The lowest BCUT2D eigenvalue weighted by atomic mass is 10.0. The van der Waals surface area contributed by atoms with Crippen LogP contribution in [0.3, 0.4) is 0 Å². The molecule has 0 radical (unpaired) electrons. The van der Waals surface area contributed by atoms with Crippen molar-refractivity contribution < 1.29 is 14.3 Å². The summed E-state index contributed by atoms with van der Waals surface area (Å²) >= 11 is 1.58. The molecule has 0 fully saturated rings. The van der Waals surface area contributed by atoms with Gasteiger partial charge in [0.1, 0.15) is 0 Å². The highest BCUT2D eigenvalue weighted by Gasteiger charge is 2.20. The molecule has 1 heterocycles. The number of hydrogen-bond donors (Lipinski definition) is 0. The van der Waals surface area contributed by atoms with Crippen LogP contribution in [0, 0.1) is 13.8 Å². The van der Waals surface area contributed by atoms with E-state index in [0.717, 1.165) is 26.4 Å². The van der Waals surface area contributed by atoms with Crippen LogP contribution in [0.2, 0.25) is 0 Å². The SMILES string of the molecule is Cc1ccc(C(=O)C(C)OC(=O)CCc2nc3ccccc3s2)cc1C. The number of Topliss-reactive ketones (excluding diaryl/α,β-unsaturated/α-hetero) is 1. The lowest BCUT2D eigenvalue weighted by Crippen LogP contribution is -2.24. The van der Waals surface area contributed by atoms with Gasteiger partial charge in [-0.2, -0.15) is 0 Å². The fourth-order valence-electron chi connectivity index (χ4n) is 2.67. The Morgan fingerprint density at radius 3 is 2.62 bits per heavy atom. The van der Waals surface area contributed by atoms with Gasteiger partial charge in [-0.15, -0.1) is 11.3 Å². The number of nitrogens with zero attached hydrogens (tertiary/aromatic N) is 1. The van der Waals surface area contributed by atoms with Crippen LogP contribution in [0.4, 0.5) is 0 Å². The summed E-state index contributed by atoms with van der Waals surface area (Å²) in [5.74, 6) is -0.560. The maximum atomic E-state index is 12.4. The Labute approximate surface area is 156 Å². The lowest BCUT2D eigenvalue weighted by Gasteiger charge is -2.13. The van der Waals surface area contributed by atoms with Crippen LogP contribution in [-0.4, -0.2) is 22.8 Å². The quantitative estimate of drug-likeness (QED) is 0.470. The average molecular weight is 367 g/mol. The zero-order valence-electron chi connectivity index (χ0n) is 15.1. The summed E-state index contributed by atoms with van der Waals surface area (Å²) in [6.07, 6.45) is -0.0624. The molecule has 5 heteroatoms. The number of fused-ring (bicyclic) bond motifs is 1. The minimum absolute atomic E-state index is 0.179. The Hall–Kier alpha value is -2.53. The monoisotopic (exact) mass is 367 g/mol. The van der Waals surface area contributed by atoms with Crippen LogP contribution >= 0.6 is 11.3 Å². The Morgan fingerprint density at radius 2 is 1.88 bits per heavy atom. The van der Waals surface area contributed by atoms with Crippen LogP contribution in [-0.2, 0) is 16.0 Å². The molecular formula is C21H21NO3S. The van der Waals surface area contributed by atoms with Crippen molar-refractivity contribution in [2.75, 3.05) is 0 Å². The molecule has 0 N–H and O–H groups in total. The first-order chi connectivity index (χ1) is 12.4. The van der Waals surface area contributed by atoms with Gasteiger partial charge in [0.15, 0.2) is 6.10 Å². The zero-order chi connectivity index (χ0) is 18.7. The Bertz CT molecular complexity index is 928. The van der Waals surface area contributed by atoms with Crippen LogP contribution in [0.5, 0.6) is 0 Å². The summed E-state index contributed by atoms with van der Waals surface area (Å²) < 4.78 is 6.43. The first kappa shape index (κ1) is 18.3. The minimum atomic E-state index is -0.792. The predicted octanol–water partition coefficient (Wildman–Crippen LogP) is 4.66. The van der Waals surface area contributed by atoms with E-state index in [1.807, 2.05) is 50.2 Å². The first-order valence-corrected chi connectivity index (χ1v) is 9.41. The average Bonchev–Trinajstić information content (AvgIpc) is 3.04. The Morgan fingerprint density at radius 1 is 1.12 bits per heavy atom. The van der Waals surface area contributed by atoms with E-state index >= 15 is 0 Å². The highest BCUT2D eigenvalue weighted by Crippen LogP contribution is 2.22. The second-order valence-electron chi connectivity index (χ2n) is 6.37. The van der Waals surface area contributed by atoms with E-state index in [9.17, 15) is 9.59 Å². The number of esters is 1. The van der Waals surface area contributed by atoms with Gasteiger partial charge in [-0.3, -0.25) is 9.59 Å². The van der Waals surface area contributed by atoms with Crippen molar-refractivity contribution in [3.63, 3.8) is 0 Å². The molecule has 0 saturated heterocycles. The second-order valence-corrected chi connectivity index (χ2v) is 7.49. The summed E-state index contributed by atoms with van der Waals surface area (Å²) in [5.41, 5.74) is 3.69. The van der Waals surface area contributed by atoms with Gasteiger partial charge in [-0.25, -0.2) is 4.98 Å². The number of thiazole rings is 1. The Balaban J connectivity index is 1.56. The van der Waals surface area contributed by atoms with Gasteiger partial charge in [0.25, 0.3) is 0 Å². The normalized spacial score (nSPS) is 12.1. The molecule has 0 aliphatic carbocycles. The molecule has 134 valence electrons. The molecule has 26 heavy (non-hydrogen) atoms. The number of benzene rings is 2. The number of aryl methyl sites for hydroxylation is 3. The molecule has 4 nitrogen and oxygen atoms in total. The predicted molar refractivity (Wildman–Crippen MR) is 104 cm³/mol. The number of para-hydroxylation sites is 1. The van der Waals surface area contributed by atoms with Crippen molar-refractivity contribution >= 4 is 33.3 Å². The fraction of sp³-hybridized carbons (Fsp3) is 0.286. The standard InChI is InChI=1S/C21H21NO3S/c1-13-8-9-16(12-14(13)2)21(24)15(3)25-20(23)11-10-19-22-17-6-4-5-7-18(17)26-19/h4-9,12,15H,10-11H2,1-3H3. The molecule has 2 aromatic carbocycles. The van der Waals surface area contributed by atoms with Crippen LogP contribution < -0.4 is 0 Å². The van der Waals surface area contributed by atoms with E-state index in [1.54, 1.807) is 24.3 Å². The van der Waals surface area contributed by atoms with Gasteiger partial charge < -0.3 is 4.74 Å². The van der Waals surface area contributed by atoms with Gasteiger partial charge in [-0.1, -0.05) is 24.3 Å². The summed E-state index contributed by atoms with van der Waals surface area (Å²) in [4.78, 5) is 29.1. The number of carbonyl (C=O) groups is 2. The molecule has 3 aromatic rings. The number of aromatic nitrogens is 1. The maximum absolute atomic E-state index is 12.4. The molecule has 0 spiro atoms. The zero-order valence-corrected chi connectivity index (χ0v) is 15.9. The highest BCUT2D eigenvalue weighted by atomic mass is 32.1. The molecule has 0 bridgehead atoms. The van der Waals surface area contributed by atoms with Gasteiger partial charge in [0.05, 0.1) is 21.6 Å². The molecule has 0 aliphatic heterocycles. The van der Waals surface area contributed by atoms with Gasteiger partial charge in [0, 0.05) is 12.0 Å². The number of ether oxygens (including phenoxy) is 1. The van der Waals surface area contributed by atoms with Crippen molar-refractivity contribution in [2.24, 2.45) is 0 Å². The van der Waals surface area contributed by atoms with Crippen molar-refractivity contribution in [1.29, 1.82) is 0 Å². The smallest absolute Gasteiger partial charge is 0.306 e. The Kier molecular flexibility index (Phi) is 5.47. The fourth-order valence-corrected chi connectivity index (χ4v) is 3.64. The van der Waals surface area contributed by atoms with Gasteiger partial charge in [0.2, 0.25) is 5.78 Å². The highest BCUT2D eigenvalue weighted by molar-refractivity contribution is 7.18. The molecule has 0 amide bonds. The van der Waals surface area contributed by atoms with Crippen molar-refractivity contribution in [3.8, 4) is 0 Å². The van der Waals surface area contributed by atoms with Gasteiger partial charge >= 0.3 is 5.97 Å². The van der Waals surface area contributed by atoms with Crippen molar-refractivity contribution in [2.45, 2.75) is 39.7 Å². The first-order valence-electron chi connectivity index (χ1n) is 8.59. The van der Waals surface area contributed by atoms with E-state index in [-0.39, 0.29) is 18.2 Å². The van der Waals surface area contributed by atoms with E-state index in [2.05, 4.69) is 4.98 Å². The summed E-state index contributed by atoms with van der Waals surface area (Å²) in [6.45, 7) is 5.57. The molecule has 1 unspecified atom stereocenters. The van der Waals surface area contributed by atoms with Crippen LogP contribution in [0.25, 0.3) is 10.2 Å². The number of hydrogen-bond acceptors (Lipinski definition) is 5. The molecule has 0 saturated carbocycles. The van der Waals surface area contributed by atoms with Gasteiger partial charge in [-0.05, 0) is 50.1 Å². The largest absolute Gasteiger partial charge is 0.454 e. The van der Waals surface area contributed by atoms with Crippen LogP contribution in [0.15, 0.2) is 42.5 Å². The summed E-state index contributed by atoms with van der Waals surface area (Å²) in [5, 5.41) is 0.899. The lowest BCUT2D eigenvalue weighted by molar-refractivity contribution is -0.146. The minimum Gasteiger partial charge on any atom is -0.454 e. The third-order valence-electron chi connectivity index (χ3n) is 4.35. The molecule has 3 rings (SSSR count). The third-order valence-corrected chi connectivity index (χ3v) is 5.45. The van der Waals surface area contributed by atoms with E-state index in [4.69, 9.17) is 4.74 Å². The molecular weight excluding hydrogens is 346 g/mol. The van der Waals surface area contributed by atoms with Crippen LogP contribution in [0.1, 0.15) is 39.8 Å². The van der Waals surface area contributed by atoms with Crippen molar-refractivity contribution in [1.82, 2.24) is 4.98 Å². The second kappa shape index (κ2) is 7.79. The molecule has 0 aliphatic rings. The van der Waals surface area contributed by atoms with E-state index < -0.39 is 6.10 Å². The number of ketones is 1. The molecule has 1 aromatic heterocycles. The van der Waals surface area contributed by atoms with E-state index in [1.165, 1.54) is 0 Å². The maximum Gasteiger partial charge on any atom is 0.306 e. The third kappa shape index (κ3) is 4.17. The van der Waals surface area contributed by atoms with E-state index in [0.29, 0.717) is 12.0 Å². The number of rotatable bonds is 6. The summed E-state index contributed by atoms with van der Waals surface area (Å²) in [7, 11) is 0. The van der Waals surface area contributed by atoms with Crippen molar-refractivity contribution in [3.05, 3.63) is 64.2 Å².